The lowest BCUT2D eigenvalue weighted by molar-refractivity contribution is -0.114. The van der Waals surface area contributed by atoms with Gasteiger partial charge in [-0.05, 0) is 30.3 Å². The highest BCUT2D eigenvalue weighted by atomic mass is 35.5. The number of sulfone groups is 1. The van der Waals surface area contributed by atoms with Crippen LogP contribution in [0.25, 0.3) is 0 Å². The molecule has 0 fully saturated rings. The van der Waals surface area contributed by atoms with Crippen molar-refractivity contribution in [2.45, 2.75) is 14.6 Å². The molecule has 0 saturated carbocycles. The Morgan fingerprint density at radius 3 is 2.18 bits per heavy atom. The molecular weight excluding hydrogens is 369 g/mol. The Kier molecular flexibility index (Phi) is 5.34. The van der Waals surface area contributed by atoms with E-state index in [4.69, 9.17) is 34.8 Å². The first-order valence-corrected chi connectivity index (χ1v) is 8.74. The van der Waals surface area contributed by atoms with Gasteiger partial charge in [-0.3, -0.25) is 4.79 Å². The third kappa shape index (κ3) is 3.73. The Balaban J connectivity index is 2.36. The average Bonchev–Trinajstić information content (AvgIpc) is 2.49. The van der Waals surface area contributed by atoms with E-state index in [0.29, 0.717) is 0 Å². The second kappa shape index (κ2) is 6.87. The van der Waals surface area contributed by atoms with Crippen molar-refractivity contribution in [3.8, 4) is 0 Å². The number of benzene rings is 2. The van der Waals surface area contributed by atoms with E-state index in [1.165, 1.54) is 30.3 Å². The van der Waals surface area contributed by atoms with Crippen LogP contribution >= 0.6 is 34.8 Å². The molecule has 0 spiro atoms. The van der Waals surface area contributed by atoms with E-state index >= 15 is 0 Å². The zero-order valence-electron chi connectivity index (χ0n) is 11.0. The largest absolute Gasteiger partial charge is 0.322 e. The molecule has 0 aliphatic carbocycles. The predicted molar refractivity (Wildman–Crippen MR) is 87.5 cm³/mol. The van der Waals surface area contributed by atoms with Crippen molar-refractivity contribution in [3.05, 3.63) is 53.6 Å². The van der Waals surface area contributed by atoms with Crippen molar-refractivity contribution in [1.82, 2.24) is 0 Å². The number of hydrogen-bond donors (Lipinski definition) is 1. The number of amides is 1. The number of carbonyl (C=O) groups excluding carboxylic acids is 1. The monoisotopic (exact) mass is 377 g/mol. The van der Waals surface area contributed by atoms with Crippen LogP contribution in [0.3, 0.4) is 0 Å². The van der Waals surface area contributed by atoms with Gasteiger partial charge in [0.15, 0.2) is 4.84 Å². The molecule has 1 N–H and O–H groups in total. The van der Waals surface area contributed by atoms with E-state index in [2.05, 4.69) is 5.32 Å². The number of anilines is 1. The summed E-state index contributed by atoms with van der Waals surface area (Å²) in [5.74, 6) is -0.649. The second-order valence-corrected chi connectivity index (χ2v) is 7.70. The van der Waals surface area contributed by atoms with Crippen LogP contribution in [0.15, 0.2) is 58.3 Å². The summed E-state index contributed by atoms with van der Waals surface area (Å²) >= 11 is 16.9. The van der Waals surface area contributed by atoms with Gasteiger partial charge >= 0.3 is 0 Å². The maximum absolute atomic E-state index is 12.4. The van der Waals surface area contributed by atoms with Gasteiger partial charge in [0.2, 0.25) is 9.84 Å². The SMILES string of the molecule is O=C(Nc1ccc(S(=O)(=O)c2ccccc2)cc1Cl)C(Cl)Cl. The molecule has 0 aliphatic rings. The zero-order chi connectivity index (χ0) is 16.3. The summed E-state index contributed by atoms with van der Waals surface area (Å²) in [6.45, 7) is 0. The smallest absolute Gasteiger partial charge is 0.257 e. The fourth-order valence-electron chi connectivity index (χ4n) is 1.69. The lowest BCUT2D eigenvalue weighted by atomic mass is 10.3. The Morgan fingerprint density at radius 2 is 1.64 bits per heavy atom. The van der Waals surface area contributed by atoms with Gasteiger partial charge in [0.05, 0.1) is 20.5 Å². The summed E-state index contributed by atoms with van der Waals surface area (Å²) < 4.78 is 24.9. The van der Waals surface area contributed by atoms with Crippen molar-refractivity contribution >= 4 is 56.2 Å². The lowest BCUT2D eigenvalue weighted by Crippen LogP contribution is -2.18. The lowest BCUT2D eigenvalue weighted by Gasteiger charge is -2.10. The van der Waals surface area contributed by atoms with Gasteiger partial charge in [-0.25, -0.2) is 8.42 Å². The van der Waals surface area contributed by atoms with E-state index in [9.17, 15) is 13.2 Å². The van der Waals surface area contributed by atoms with Crippen LogP contribution in [0.4, 0.5) is 5.69 Å². The van der Waals surface area contributed by atoms with E-state index < -0.39 is 20.6 Å². The maximum Gasteiger partial charge on any atom is 0.257 e. The summed E-state index contributed by atoms with van der Waals surface area (Å²) in [7, 11) is -3.67. The van der Waals surface area contributed by atoms with Gasteiger partial charge in [-0.2, -0.15) is 0 Å². The van der Waals surface area contributed by atoms with Crippen LogP contribution < -0.4 is 5.32 Å². The number of hydrogen-bond acceptors (Lipinski definition) is 3. The first-order chi connectivity index (χ1) is 10.3. The average molecular weight is 379 g/mol. The van der Waals surface area contributed by atoms with Gasteiger partial charge in [0, 0.05) is 0 Å². The first-order valence-electron chi connectivity index (χ1n) is 6.01. The van der Waals surface area contributed by atoms with Crippen molar-refractivity contribution in [1.29, 1.82) is 0 Å². The zero-order valence-corrected chi connectivity index (χ0v) is 14.0. The van der Waals surface area contributed by atoms with Crippen LogP contribution in [0.5, 0.6) is 0 Å². The molecule has 0 aliphatic heterocycles. The molecule has 8 heteroatoms. The summed E-state index contributed by atoms with van der Waals surface area (Å²) in [4.78, 5) is 10.3. The topological polar surface area (TPSA) is 63.2 Å². The number of alkyl halides is 2. The molecule has 0 radical (unpaired) electrons. The minimum atomic E-state index is -3.67. The molecule has 0 saturated heterocycles. The van der Waals surface area contributed by atoms with Crippen molar-refractivity contribution in [3.63, 3.8) is 0 Å². The quantitative estimate of drug-likeness (QED) is 0.820. The van der Waals surface area contributed by atoms with Crippen molar-refractivity contribution in [2.75, 3.05) is 5.32 Å². The van der Waals surface area contributed by atoms with Gasteiger partial charge in [0.1, 0.15) is 0 Å². The van der Waals surface area contributed by atoms with E-state index in [1.807, 2.05) is 0 Å². The third-order valence-corrected chi connectivity index (χ3v) is 5.24. The molecule has 0 heterocycles. The molecule has 116 valence electrons. The molecular formula is C14H10Cl3NO3S. The standard InChI is InChI=1S/C14H10Cl3NO3S/c15-11-8-10(6-7-12(11)18-14(19)13(16)17)22(20,21)9-4-2-1-3-5-9/h1-8,13H,(H,18,19). The molecule has 2 aromatic rings. The van der Waals surface area contributed by atoms with E-state index in [-0.39, 0.29) is 20.5 Å². The minimum Gasteiger partial charge on any atom is -0.322 e. The Hall–Kier alpha value is -1.27. The molecule has 0 aromatic heterocycles. The van der Waals surface area contributed by atoms with Crippen molar-refractivity contribution < 1.29 is 13.2 Å². The fraction of sp³-hybridized carbons (Fsp3) is 0.0714. The second-order valence-electron chi connectivity index (χ2n) is 4.25. The Bertz CT molecular complexity index is 792. The number of nitrogens with one attached hydrogen (secondary N) is 1. The first kappa shape index (κ1) is 17.1. The minimum absolute atomic E-state index is 0.0231. The van der Waals surface area contributed by atoms with Gasteiger partial charge in [0.25, 0.3) is 5.91 Å². The third-order valence-electron chi connectivity index (χ3n) is 2.76. The molecule has 2 aromatic carbocycles. The summed E-state index contributed by atoms with van der Waals surface area (Å²) in [6.07, 6.45) is 0. The highest BCUT2D eigenvalue weighted by molar-refractivity contribution is 7.91. The predicted octanol–water partition coefficient (Wildman–Crippen LogP) is 3.92. The number of rotatable bonds is 4. The Morgan fingerprint density at radius 1 is 1.00 bits per heavy atom. The molecule has 22 heavy (non-hydrogen) atoms. The molecule has 4 nitrogen and oxygen atoms in total. The van der Waals surface area contributed by atoms with Crippen LogP contribution in [-0.2, 0) is 14.6 Å². The van der Waals surface area contributed by atoms with Crippen LogP contribution in [0.2, 0.25) is 5.02 Å². The molecule has 0 bridgehead atoms. The molecule has 0 unspecified atom stereocenters. The number of carbonyl (C=O) groups is 1. The summed E-state index contributed by atoms with van der Waals surface area (Å²) in [5, 5.41) is 2.47. The van der Waals surface area contributed by atoms with Crippen LogP contribution in [0.1, 0.15) is 0 Å². The van der Waals surface area contributed by atoms with Crippen molar-refractivity contribution in [2.24, 2.45) is 0 Å². The van der Waals surface area contributed by atoms with Crippen LogP contribution in [-0.4, -0.2) is 19.2 Å². The number of halogens is 3. The highest BCUT2D eigenvalue weighted by Gasteiger charge is 2.19. The van der Waals surface area contributed by atoms with E-state index in [1.54, 1.807) is 18.2 Å². The summed E-state index contributed by atoms with van der Waals surface area (Å²) in [6, 6.07) is 12.0. The maximum atomic E-state index is 12.4. The van der Waals surface area contributed by atoms with E-state index in [0.717, 1.165) is 0 Å². The molecule has 2 rings (SSSR count). The fourth-order valence-corrected chi connectivity index (χ4v) is 3.40. The molecule has 0 atom stereocenters. The molecule has 1 amide bonds. The van der Waals surface area contributed by atoms with Gasteiger partial charge in [-0.15, -0.1) is 0 Å². The Labute approximate surface area is 142 Å². The summed E-state index contributed by atoms with van der Waals surface area (Å²) in [5.41, 5.74) is 0.227. The van der Waals surface area contributed by atoms with Crippen LogP contribution in [0, 0.1) is 0 Å². The normalized spacial score (nSPS) is 11.5. The van der Waals surface area contributed by atoms with Gasteiger partial charge in [-0.1, -0.05) is 53.0 Å². The highest BCUT2D eigenvalue weighted by Crippen LogP contribution is 2.29. The van der Waals surface area contributed by atoms with Gasteiger partial charge < -0.3 is 5.32 Å².